The van der Waals surface area contributed by atoms with Crippen LogP contribution in [0.5, 0.6) is 0 Å². The normalized spacial score (nSPS) is 20.0. The monoisotopic (exact) mass is 346 g/mol. The number of hydrogen-bond acceptors (Lipinski definition) is 0. The molecule has 130 valence electrons. The van der Waals surface area contributed by atoms with Gasteiger partial charge in [-0.15, -0.1) is 0 Å². The molecule has 2 aromatic rings. The first kappa shape index (κ1) is 18.0. The molecule has 0 atom stereocenters. The van der Waals surface area contributed by atoms with Crippen molar-refractivity contribution in [1.29, 1.82) is 0 Å². The molecular formula is C24H30Si. The fourth-order valence-corrected chi connectivity index (χ4v) is 7.55. The number of rotatable bonds is 3. The van der Waals surface area contributed by atoms with E-state index in [-0.39, 0.29) is 8.80 Å². The van der Waals surface area contributed by atoms with Crippen molar-refractivity contribution in [2.24, 2.45) is 0 Å². The molecule has 0 aliphatic carbocycles. The molecule has 0 N–H and O–H groups in total. The maximum absolute atomic E-state index is 3.33. The largest absolute Gasteiger partial charge is 0.0657 e. The van der Waals surface area contributed by atoms with Crippen molar-refractivity contribution in [3.8, 4) is 11.8 Å². The summed E-state index contributed by atoms with van der Waals surface area (Å²) in [5, 5.41) is 0. The number of aryl methyl sites for hydroxylation is 2. The van der Waals surface area contributed by atoms with Crippen molar-refractivity contribution in [1.82, 2.24) is 0 Å². The van der Waals surface area contributed by atoms with Gasteiger partial charge in [0.1, 0.15) is 0 Å². The minimum atomic E-state index is -0.375. The summed E-state index contributed by atoms with van der Waals surface area (Å²) in [5.41, 5.74) is 6.34. The van der Waals surface area contributed by atoms with Gasteiger partial charge in [-0.05, 0) is 61.9 Å². The van der Waals surface area contributed by atoms with Crippen LogP contribution in [0.4, 0.5) is 0 Å². The SMILES string of the molecule is CCC[Si@H]1CC[C@H](c2ccc(C#Cc3ccc(C)cc3C)cc2)CC1. The molecule has 1 heterocycles. The molecule has 3 rings (SSSR count). The predicted octanol–water partition coefficient (Wildman–Crippen LogP) is 6.22. The van der Waals surface area contributed by atoms with Crippen LogP contribution in [-0.4, -0.2) is 8.80 Å². The molecule has 0 amide bonds. The van der Waals surface area contributed by atoms with Gasteiger partial charge in [0, 0.05) is 19.9 Å². The second-order valence-electron chi connectivity index (χ2n) is 7.70. The van der Waals surface area contributed by atoms with Crippen LogP contribution in [-0.2, 0) is 0 Å². The van der Waals surface area contributed by atoms with Crippen molar-refractivity contribution in [2.75, 3.05) is 0 Å². The van der Waals surface area contributed by atoms with E-state index in [1.54, 1.807) is 18.1 Å². The molecule has 0 nitrogen and oxygen atoms in total. The number of hydrogen-bond donors (Lipinski definition) is 0. The Morgan fingerprint density at radius 1 is 0.960 bits per heavy atom. The molecule has 1 fully saturated rings. The van der Waals surface area contributed by atoms with E-state index in [4.69, 9.17) is 0 Å². The third-order valence-corrected chi connectivity index (χ3v) is 9.34. The van der Waals surface area contributed by atoms with Crippen LogP contribution < -0.4 is 0 Å². The van der Waals surface area contributed by atoms with Crippen molar-refractivity contribution in [3.05, 3.63) is 70.3 Å². The first-order valence-electron chi connectivity index (χ1n) is 9.85. The average molecular weight is 347 g/mol. The standard InChI is InChI=1S/C24H30Si/c1-4-15-25-16-13-24(14-17-25)23-11-7-21(8-12-23)6-10-22-9-5-19(2)18-20(22)3/h5,7-9,11-12,18,24-25H,4,13-17H2,1-3H3/t24-,25-. The molecule has 1 heteroatoms. The second kappa shape index (κ2) is 8.54. The maximum Gasteiger partial charge on any atom is 0.0368 e. The summed E-state index contributed by atoms with van der Waals surface area (Å²) in [5.74, 6) is 7.46. The molecule has 25 heavy (non-hydrogen) atoms. The first-order valence-corrected chi connectivity index (χ1v) is 12.3. The van der Waals surface area contributed by atoms with Crippen LogP contribution in [0, 0.1) is 25.7 Å². The Kier molecular flexibility index (Phi) is 6.16. The molecule has 0 aromatic heterocycles. The van der Waals surface area contributed by atoms with Gasteiger partial charge < -0.3 is 0 Å². The van der Waals surface area contributed by atoms with Gasteiger partial charge in [0.25, 0.3) is 0 Å². The smallest absolute Gasteiger partial charge is 0.0368 e. The second-order valence-corrected chi connectivity index (χ2v) is 11.2. The molecule has 0 bridgehead atoms. The Balaban J connectivity index is 1.64. The highest BCUT2D eigenvalue weighted by Crippen LogP contribution is 2.34. The first-order chi connectivity index (χ1) is 12.2. The lowest BCUT2D eigenvalue weighted by atomic mass is 9.93. The van der Waals surface area contributed by atoms with Gasteiger partial charge in [-0.1, -0.05) is 73.1 Å². The Bertz CT molecular complexity index is 753. The van der Waals surface area contributed by atoms with Crippen LogP contribution in [0.15, 0.2) is 42.5 Å². The lowest BCUT2D eigenvalue weighted by Crippen LogP contribution is -2.19. The summed E-state index contributed by atoms with van der Waals surface area (Å²) < 4.78 is 0. The Labute approximate surface area is 155 Å². The Morgan fingerprint density at radius 3 is 2.32 bits per heavy atom. The zero-order valence-corrected chi connectivity index (χ0v) is 17.1. The highest BCUT2D eigenvalue weighted by molar-refractivity contribution is 6.59. The van der Waals surface area contributed by atoms with Crippen LogP contribution in [0.3, 0.4) is 0 Å². The molecule has 0 unspecified atom stereocenters. The van der Waals surface area contributed by atoms with Crippen molar-refractivity contribution in [2.45, 2.75) is 64.1 Å². The summed E-state index contributed by atoms with van der Waals surface area (Å²) in [6.45, 7) is 6.61. The third-order valence-electron chi connectivity index (χ3n) is 5.65. The summed E-state index contributed by atoms with van der Waals surface area (Å²) in [6, 6.07) is 20.2. The van der Waals surface area contributed by atoms with E-state index in [9.17, 15) is 0 Å². The summed E-state index contributed by atoms with van der Waals surface area (Å²) in [4.78, 5) is 0. The fraction of sp³-hybridized carbons (Fsp3) is 0.417. The van der Waals surface area contributed by atoms with E-state index >= 15 is 0 Å². The molecule has 2 aromatic carbocycles. The van der Waals surface area contributed by atoms with E-state index in [2.05, 4.69) is 75.1 Å². The lowest BCUT2D eigenvalue weighted by molar-refractivity contribution is 0.606. The zero-order valence-electron chi connectivity index (χ0n) is 15.9. The minimum absolute atomic E-state index is 0.375. The lowest BCUT2D eigenvalue weighted by Gasteiger charge is -2.27. The van der Waals surface area contributed by atoms with Gasteiger partial charge >= 0.3 is 0 Å². The van der Waals surface area contributed by atoms with Crippen LogP contribution in [0.2, 0.25) is 18.1 Å². The van der Waals surface area contributed by atoms with Gasteiger partial charge in [-0.3, -0.25) is 0 Å². The van der Waals surface area contributed by atoms with Crippen LogP contribution in [0.1, 0.15) is 59.9 Å². The average Bonchev–Trinajstić information content (AvgIpc) is 2.62. The van der Waals surface area contributed by atoms with Gasteiger partial charge in [0.05, 0.1) is 0 Å². The van der Waals surface area contributed by atoms with E-state index in [1.807, 2.05) is 0 Å². The van der Waals surface area contributed by atoms with E-state index in [1.165, 1.54) is 36.0 Å². The topological polar surface area (TPSA) is 0 Å². The molecule has 0 spiro atoms. The fourth-order valence-electron chi connectivity index (χ4n) is 4.12. The Morgan fingerprint density at radius 2 is 1.68 bits per heavy atom. The number of benzene rings is 2. The minimum Gasteiger partial charge on any atom is -0.0657 e. The van der Waals surface area contributed by atoms with Crippen LogP contribution in [0.25, 0.3) is 0 Å². The predicted molar refractivity (Wildman–Crippen MR) is 112 cm³/mol. The van der Waals surface area contributed by atoms with Gasteiger partial charge in [0.15, 0.2) is 0 Å². The van der Waals surface area contributed by atoms with E-state index in [0.717, 1.165) is 17.0 Å². The molecule has 1 aliphatic heterocycles. The molecule has 0 saturated carbocycles. The quantitative estimate of drug-likeness (QED) is 0.457. The highest BCUT2D eigenvalue weighted by Gasteiger charge is 2.22. The van der Waals surface area contributed by atoms with Crippen molar-refractivity contribution >= 4 is 8.80 Å². The van der Waals surface area contributed by atoms with Crippen molar-refractivity contribution in [3.63, 3.8) is 0 Å². The molecule has 1 aliphatic rings. The zero-order chi connectivity index (χ0) is 17.6. The summed E-state index contributed by atoms with van der Waals surface area (Å²) in [6.07, 6.45) is 4.24. The molecular weight excluding hydrogens is 316 g/mol. The van der Waals surface area contributed by atoms with E-state index < -0.39 is 0 Å². The summed E-state index contributed by atoms with van der Waals surface area (Å²) >= 11 is 0. The maximum atomic E-state index is 3.33. The molecule has 0 radical (unpaired) electrons. The summed E-state index contributed by atoms with van der Waals surface area (Å²) in [7, 11) is -0.375. The third kappa shape index (κ3) is 4.86. The van der Waals surface area contributed by atoms with Gasteiger partial charge in [-0.25, -0.2) is 0 Å². The van der Waals surface area contributed by atoms with E-state index in [0.29, 0.717) is 0 Å². The van der Waals surface area contributed by atoms with Gasteiger partial charge in [-0.2, -0.15) is 0 Å². The Hall–Kier alpha value is -1.78. The van der Waals surface area contributed by atoms with Crippen LogP contribution >= 0.6 is 0 Å². The van der Waals surface area contributed by atoms with Gasteiger partial charge in [0.2, 0.25) is 0 Å². The van der Waals surface area contributed by atoms with Crippen molar-refractivity contribution < 1.29 is 0 Å². The highest BCUT2D eigenvalue weighted by atomic mass is 28.3. The molecule has 1 saturated heterocycles.